The maximum Gasteiger partial charge on any atom is 0.124 e. The third-order valence-corrected chi connectivity index (χ3v) is 2.74. The zero-order valence-electron chi connectivity index (χ0n) is 7.90. The van der Waals surface area contributed by atoms with Gasteiger partial charge in [0.1, 0.15) is 5.75 Å². The second-order valence-electron chi connectivity index (χ2n) is 3.59. The van der Waals surface area contributed by atoms with Gasteiger partial charge in [0.2, 0.25) is 0 Å². The summed E-state index contributed by atoms with van der Waals surface area (Å²) in [6.07, 6.45) is 5.68. The number of oxime groups is 1. The lowest BCUT2D eigenvalue weighted by atomic mass is 9.88. The quantitative estimate of drug-likeness (QED) is 0.405. The van der Waals surface area contributed by atoms with Crippen LogP contribution in [0.5, 0.6) is 5.75 Å². The molecule has 2 N–H and O–H groups in total. The molecule has 0 fully saturated rings. The predicted octanol–water partition coefficient (Wildman–Crippen LogP) is 2.08. The van der Waals surface area contributed by atoms with Gasteiger partial charge >= 0.3 is 0 Å². The van der Waals surface area contributed by atoms with E-state index in [-0.39, 0.29) is 5.75 Å². The van der Waals surface area contributed by atoms with Crippen molar-refractivity contribution in [2.75, 3.05) is 0 Å². The molecule has 0 bridgehead atoms. The lowest BCUT2D eigenvalue weighted by Crippen LogP contribution is -2.06. The Morgan fingerprint density at radius 1 is 1.21 bits per heavy atom. The summed E-state index contributed by atoms with van der Waals surface area (Å²) < 4.78 is 0. The molecule has 1 aliphatic carbocycles. The molecule has 0 aromatic heterocycles. The third-order valence-electron chi connectivity index (χ3n) is 2.74. The van der Waals surface area contributed by atoms with E-state index in [0.717, 1.165) is 24.8 Å². The van der Waals surface area contributed by atoms with Gasteiger partial charge in [-0.25, -0.2) is 0 Å². The molecule has 0 saturated carbocycles. The number of aryl methyl sites for hydroxylation is 1. The van der Waals surface area contributed by atoms with E-state index >= 15 is 0 Å². The van der Waals surface area contributed by atoms with Gasteiger partial charge < -0.3 is 10.3 Å². The summed E-state index contributed by atoms with van der Waals surface area (Å²) >= 11 is 0. The molecule has 1 aliphatic rings. The second kappa shape index (κ2) is 3.70. The number of phenols is 1. The van der Waals surface area contributed by atoms with Crippen LogP contribution in [0.2, 0.25) is 0 Å². The topological polar surface area (TPSA) is 52.8 Å². The van der Waals surface area contributed by atoms with E-state index in [1.54, 1.807) is 6.07 Å². The minimum atomic E-state index is 0.198. The number of phenolic OH excluding ortho intramolecular Hbond substituents is 1. The zero-order valence-corrected chi connectivity index (χ0v) is 7.90. The molecule has 0 unspecified atom stereocenters. The van der Waals surface area contributed by atoms with Crippen molar-refractivity contribution in [2.45, 2.75) is 25.7 Å². The lowest BCUT2D eigenvalue weighted by Gasteiger charge is -2.18. The molecule has 1 aromatic rings. The molecular weight excluding hydrogens is 178 g/mol. The van der Waals surface area contributed by atoms with Gasteiger partial charge in [-0.3, -0.25) is 0 Å². The van der Waals surface area contributed by atoms with E-state index in [9.17, 15) is 5.11 Å². The number of benzene rings is 1. The minimum Gasteiger partial charge on any atom is -0.507 e. The van der Waals surface area contributed by atoms with E-state index in [0.29, 0.717) is 5.56 Å². The van der Waals surface area contributed by atoms with Crippen LogP contribution >= 0.6 is 0 Å². The maximum atomic E-state index is 9.60. The van der Waals surface area contributed by atoms with Gasteiger partial charge in [0.05, 0.1) is 6.21 Å². The molecule has 14 heavy (non-hydrogen) atoms. The van der Waals surface area contributed by atoms with Crippen LogP contribution in [0.25, 0.3) is 0 Å². The Bertz CT molecular complexity index is 372. The number of hydrogen-bond donors (Lipinski definition) is 2. The molecule has 74 valence electrons. The summed E-state index contributed by atoms with van der Waals surface area (Å²) in [5.74, 6) is 0.198. The van der Waals surface area contributed by atoms with E-state index in [1.807, 2.05) is 6.07 Å². The Kier molecular flexibility index (Phi) is 2.39. The highest BCUT2D eigenvalue weighted by Gasteiger charge is 2.14. The first-order chi connectivity index (χ1) is 6.83. The van der Waals surface area contributed by atoms with Crippen molar-refractivity contribution in [3.63, 3.8) is 0 Å². The van der Waals surface area contributed by atoms with Gasteiger partial charge in [0.25, 0.3) is 0 Å². The van der Waals surface area contributed by atoms with Crippen LogP contribution in [0.3, 0.4) is 0 Å². The Balaban J connectivity index is 2.54. The van der Waals surface area contributed by atoms with Crippen LogP contribution in [0.4, 0.5) is 0 Å². The van der Waals surface area contributed by atoms with Crippen molar-refractivity contribution in [3.05, 3.63) is 28.8 Å². The van der Waals surface area contributed by atoms with Gasteiger partial charge in [0, 0.05) is 5.56 Å². The van der Waals surface area contributed by atoms with Crippen molar-refractivity contribution in [1.82, 2.24) is 0 Å². The van der Waals surface area contributed by atoms with Crippen molar-refractivity contribution in [3.8, 4) is 5.75 Å². The number of aromatic hydroxyl groups is 1. The molecule has 2 rings (SSSR count). The summed E-state index contributed by atoms with van der Waals surface area (Å²) in [7, 11) is 0. The van der Waals surface area contributed by atoms with Crippen LogP contribution in [-0.4, -0.2) is 16.5 Å². The molecule has 0 saturated heterocycles. The fraction of sp³-hybridized carbons (Fsp3) is 0.364. The summed E-state index contributed by atoms with van der Waals surface area (Å²) in [6.45, 7) is 0. The number of fused-ring (bicyclic) bond motifs is 1. The smallest absolute Gasteiger partial charge is 0.124 e. The average molecular weight is 191 g/mol. The normalized spacial score (nSPS) is 15.7. The van der Waals surface area contributed by atoms with E-state index in [4.69, 9.17) is 5.21 Å². The van der Waals surface area contributed by atoms with Crippen molar-refractivity contribution in [1.29, 1.82) is 0 Å². The molecular formula is C11H13NO2. The molecule has 0 radical (unpaired) electrons. The highest BCUT2D eigenvalue weighted by molar-refractivity contribution is 5.85. The number of nitrogens with zero attached hydrogens (tertiary/aromatic N) is 1. The first-order valence-corrected chi connectivity index (χ1v) is 4.84. The van der Waals surface area contributed by atoms with Crippen molar-refractivity contribution in [2.24, 2.45) is 5.16 Å². The van der Waals surface area contributed by atoms with Crippen LogP contribution in [-0.2, 0) is 12.8 Å². The third kappa shape index (κ3) is 1.45. The molecule has 1 aromatic carbocycles. The molecule has 0 atom stereocenters. The minimum absolute atomic E-state index is 0.198. The molecule has 0 amide bonds. The van der Waals surface area contributed by atoms with E-state index < -0.39 is 0 Å². The number of rotatable bonds is 1. The van der Waals surface area contributed by atoms with Gasteiger partial charge in [-0.1, -0.05) is 11.2 Å². The fourth-order valence-electron chi connectivity index (χ4n) is 2.05. The fourth-order valence-corrected chi connectivity index (χ4v) is 2.05. The highest BCUT2D eigenvalue weighted by atomic mass is 16.4. The van der Waals surface area contributed by atoms with Gasteiger partial charge in [0.15, 0.2) is 0 Å². The van der Waals surface area contributed by atoms with Crippen LogP contribution in [0, 0.1) is 0 Å². The first kappa shape index (κ1) is 9.06. The average Bonchev–Trinajstić information content (AvgIpc) is 2.23. The lowest BCUT2D eigenvalue weighted by molar-refractivity contribution is 0.321. The van der Waals surface area contributed by atoms with E-state index in [1.165, 1.54) is 18.2 Å². The Morgan fingerprint density at radius 2 is 2.00 bits per heavy atom. The van der Waals surface area contributed by atoms with Crippen molar-refractivity contribution < 1.29 is 10.3 Å². The van der Waals surface area contributed by atoms with Gasteiger partial charge in [-0.05, 0) is 42.9 Å². The van der Waals surface area contributed by atoms with Crippen LogP contribution < -0.4 is 0 Å². The highest BCUT2D eigenvalue weighted by Crippen LogP contribution is 2.29. The van der Waals surface area contributed by atoms with Crippen LogP contribution in [0.15, 0.2) is 17.3 Å². The molecule has 3 heteroatoms. The zero-order chi connectivity index (χ0) is 9.97. The SMILES string of the molecule is O/N=C/c1c(O)ccc2c1CCCC2. The summed E-state index contributed by atoms with van der Waals surface area (Å²) in [5, 5.41) is 21.1. The maximum absolute atomic E-state index is 9.60. The van der Waals surface area contributed by atoms with Gasteiger partial charge in [-0.15, -0.1) is 0 Å². The number of hydrogen-bond acceptors (Lipinski definition) is 3. The molecule has 0 aliphatic heterocycles. The standard InChI is InChI=1S/C11H13NO2/c13-11-6-5-8-3-1-2-4-9(8)10(11)7-12-14/h5-7,13-14H,1-4H2/b12-7+. The Labute approximate surface area is 82.7 Å². The second-order valence-corrected chi connectivity index (χ2v) is 3.59. The Morgan fingerprint density at radius 3 is 2.79 bits per heavy atom. The largest absolute Gasteiger partial charge is 0.507 e. The Hall–Kier alpha value is -1.51. The summed E-state index contributed by atoms with van der Waals surface area (Å²) in [5.41, 5.74) is 3.07. The molecule has 0 spiro atoms. The van der Waals surface area contributed by atoms with Crippen LogP contribution in [0.1, 0.15) is 29.5 Å². The molecule has 3 nitrogen and oxygen atoms in total. The van der Waals surface area contributed by atoms with E-state index in [2.05, 4.69) is 5.16 Å². The summed E-state index contributed by atoms with van der Waals surface area (Å²) in [6, 6.07) is 3.62. The monoisotopic (exact) mass is 191 g/mol. The van der Waals surface area contributed by atoms with Gasteiger partial charge in [-0.2, -0.15) is 0 Å². The molecule has 0 heterocycles. The summed E-state index contributed by atoms with van der Waals surface area (Å²) in [4.78, 5) is 0. The first-order valence-electron chi connectivity index (χ1n) is 4.84. The van der Waals surface area contributed by atoms with Crippen molar-refractivity contribution >= 4 is 6.21 Å². The predicted molar refractivity (Wildman–Crippen MR) is 54.1 cm³/mol.